The molecule has 4 aromatic heterocycles. The fourth-order valence-corrected chi connectivity index (χ4v) is 4.53. The first-order chi connectivity index (χ1) is 14.8. The lowest BCUT2D eigenvalue weighted by Gasteiger charge is -2.42. The van der Waals surface area contributed by atoms with E-state index in [0.717, 1.165) is 65.5 Å². The van der Waals surface area contributed by atoms with Gasteiger partial charge >= 0.3 is 0 Å². The second-order valence-electron chi connectivity index (χ2n) is 7.86. The SMILES string of the molecule is CCOc1cc(-c2ccc(N3CC4COCC(C3)N4)nc2)c2c3cn[nH]c3nn2c1. The Hall–Kier alpha value is -3.17. The molecule has 2 atom stereocenters. The van der Waals surface area contributed by atoms with Crippen LogP contribution in [-0.2, 0) is 4.74 Å². The Morgan fingerprint density at radius 1 is 1.20 bits per heavy atom. The zero-order valence-corrected chi connectivity index (χ0v) is 16.7. The topological polar surface area (TPSA) is 92.6 Å². The number of rotatable bonds is 4. The summed E-state index contributed by atoms with van der Waals surface area (Å²) >= 11 is 0. The van der Waals surface area contributed by atoms with Crippen LogP contribution in [0.1, 0.15) is 6.92 Å². The zero-order valence-electron chi connectivity index (χ0n) is 16.7. The van der Waals surface area contributed by atoms with Crippen molar-refractivity contribution in [3.63, 3.8) is 0 Å². The molecule has 6 heterocycles. The van der Waals surface area contributed by atoms with Gasteiger partial charge in [0.1, 0.15) is 11.6 Å². The van der Waals surface area contributed by atoms with E-state index in [1.165, 1.54) is 0 Å². The monoisotopic (exact) mass is 405 g/mol. The molecule has 6 rings (SSSR count). The Balaban J connectivity index is 1.39. The molecule has 0 aliphatic carbocycles. The summed E-state index contributed by atoms with van der Waals surface area (Å²) in [5, 5.41) is 16.3. The van der Waals surface area contributed by atoms with Crippen molar-refractivity contribution in [2.75, 3.05) is 37.8 Å². The number of nitrogens with one attached hydrogen (secondary N) is 2. The fraction of sp³-hybridized carbons (Fsp3) is 0.381. The number of aromatic amines is 1. The minimum absolute atomic E-state index is 0.364. The number of hydrogen-bond acceptors (Lipinski definition) is 7. The molecule has 2 N–H and O–H groups in total. The summed E-state index contributed by atoms with van der Waals surface area (Å²) in [5.74, 6) is 1.77. The highest BCUT2D eigenvalue weighted by Gasteiger charge is 2.31. The predicted molar refractivity (Wildman–Crippen MR) is 113 cm³/mol. The van der Waals surface area contributed by atoms with Gasteiger partial charge in [0.2, 0.25) is 0 Å². The molecule has 0 aromatic carbocycles. The second-order valence-corrected chi connectivity index (χ2v) is 7.86. The van der Waals surface area contributed by atoms with Gasteiger partial charge in [0.05, 0.1) is 43.1 Å². The van der Waals surface area contributed by atoms with Crippen LogP contribution in [0.2, 0.25) is 0 Å². The van der Waals surface area contributed by atoms with Crippen molar-refractivity contribution in [2.45, 2.75) is 19.0 Å². The zero-order chi connectivity index (χ0) is 20.1. The molecular formula is C21H23N7O2. The Labute approximate surface area is 173 Å². The van der Waals surface area contributed by atoms with Gasteiger partial charge in [-0.3, -0.25) is 5.10 Å². The second kappa shape index (κ2) is 6.96. The fourth-order valence-electron chi connectivity index (χ4n) is 4.53. The summed E-state index contributed by atoms with van der Waals surface area (Å²) in [6.45, 7) is 5.91. The first-order valence-electron chi connectivity index (χ1n) is 10.3. The van der Waals surface area contributed by atoms with Gasteiger partial charge in [0.25, 0.3) is 0 Å². The molecule has 2 bridgehead atoms. The molecule has 9 nitrogen and oxygen atoms in total. The van der Waals surface area contributed by atoms with Gasteiger partial charge in [-0.2, -0.15) is 5.10 Å². The number of hydrogen-bond donors (Lipinski definition) is 2. The van der Waals surface area contributed by atoms with Crippen molar-refractivity contribution in [2.24, 2.45) is 0 Å². The molecule has 2 saturated heterocycles. The highest BCUT2D eigenvalue weighted by Crippen LogP contribution is 2.33. The van der Waals surface area contributed by atoms with E-state index in [-0.39, 0.29) is 0 Å². The van der Waals surface area contributed by atoms with Gasteiger partial charge in [-0.25, -0.2) is 9.50 Å². The predicted octanol–water partition coefficient (Wildman–Crippen LogP) is 1.85. The summed E-state index contributed by atoms with van der Waals surface area (Å²) in [5.41, 5.74) is 3.79. The number of pyridine rings is 2. The normalized spacial score (nSPS) is 21.4. The molecule has 2 aliphatic heterocycles. The minimum atomic E-state index is 0.364. The standard InChI is InChI=1S/C21H23N7O2/c1-2-30-16-5-17(20-18-7-23-25-21(18)26-28(20)10-16)13-3-4-19(22-6-13)27-8-14-11-29-12-15(9-27)24-14/h3-7,10,14-15,24H,2,8-9,11-12H2,1H3,(H,25,26). The van der Waals surface area contributed by atoms with E-state index in [1.54, 1.807) is 0 Å². The van der Waals surface area contributed by atoms with Crippen molar-refractivity contribution in [3.05, 3.63) is 36.8 Å². The molecule has 0 saturated carbocycles. The Bertz CT molecular complexity index is 1190. The molecule has 4 aromatic rings. The smallest absolute Gasteiger partial charge is 0.178 e. The summed E-state index contributed by atoms with van der Waals surface area (Å²) in [6.07, 6.45) is 5.65. The van der Waals surface area contributed by atoms with Crippen molar-refractivity contribution < 1.29 is 9.47 Å². The van der Waals surface area contributed by atoms with Crippen LogP contribution in [0.5, 0.6) is 5.75 Å². The minimum Gasteiger partial charge on any atom is -0.492 e. The third kappa shape index (κ3) is 2.89. The molecule has 9 heteroatoms. The van der Waals surface area contributed by atoms with Crippen LogP contribution >= 0.6 is 0 Å². The summed E-state index contributed by atoms with van der Waals surface area (Å²) in [6, 6.07) is 7.01. The molecule has 0 spiro atoms. The van der Waals surface area contributed by atoms with E-state index in [4.69, 9.17) is 14.5 Å². The Morgan fingerprint density at radius 2 is 2.07 bits per heavy atom. The first-order valence-corrected chi connectivity index (χ1v) is 10.3. The summed E-state index contributed by atoms with van der Waals surface area (Å²) in [4.78, 5) is 7.15. The number of anilines is 1. The van der Waals surface area contributed by atoms with Crippen LogP contribution in [0, 0.1) is 0 Å². The molecule has 2 unspecified atom stereocenters. The quantitative estimate of drug-likeness (QED) is 0.535. The molecule has 2 aliphatic rings. The lowest BCUT2D eigenvalue weighted by atomic mass is 10.1. The molecule has 0 amide bonds. The Morgan fingerprint density at radius 3 is 2.83 bits per heavy atom. The third-order valence-corrected chi connectivity index (χ3v) is 5.79. The molecule has 154 valence electrons. The van der Waals surface area contributed by atoms with Crippen molar-refractivity contribution in [1.82, 2.24) is 30.1 Å². The number of nitrogens with zero attached hydrogens (tertiary/aromatic N) is 5. The first kappa shape index (κ1) is 17.7. The lowest BCUT2D eigenvalue weighted by molar-refractivity contribution is 0.0374. The van der Waals surface area contributed by atoms with Crippen molar-refractivity contribution in [3.8, 4) is 16.9 Å². The summed E-state index contributed by atoms with van der Waals surface area (Å²) < 4.78 is 13.3. The van der Waals surface area contributed by atoms with Crippen LogP contribution in [0.3, 0.4) is 0 Å². The number of aromatic nitrogens is 5. The lowest BCUT2D eigenvalue weighted by Crippen LogP contribution is -2.63. The van der Waals surface area contributed by atoms with Gasteiger partial charge in [-0.05, 0) is 25.1 Å². The number of H-pyrrole nitrogens is 1. The van der Waals surface area contributed by atoms with E-state index in [1.807, 2.05) is 30.0 Å². The van der Waals surface area contributed by atoms with Crippen LogP contribution in [0.15, 0.2) is 36.8 Å². The van der Waals surface area contributed by atoms with Gasteiger partial charge in [0.15, 0.2) is 5.65 Å². The van der Waals surface area contributed by atoms with Gasteiger partial charge < -0.3 is 19.7 Å². The maximum Gasteiger partial charge on any atom is 0.178 e. The molecule has 0 radical (unpaired) electrons. The van der Waals surface area contributed by atoms with Crippen LogP contribution in [0.4, 0.5) is 5.82 Å². The maximum absolute atomic E-state index is 5.78. The van der Waals surface area contributed by atoms with Crippen LogP contribution in [0.25, 0.3) is 27.7 Å². The highest BCUT2D eigenvalue weighted by molar-refractivity contribution is 6.00. The van der Waals surface area contributed by atoms with Crippen LogP contribution in [-0.4, -0.2) is 69.8 Å². The summed E-state index contributed by atoms with van der Waals surface area (Å²) in [7, 11) is 0. The van der Waals surface area contributed by atoms with Gasteiger partial charge in [-0.15, -0.1) is 5.10 Å². The van der Waals surface area contributed by atoms with E-state index in [9.17, 15) is 0 Å². The van der Waals surface area contributed by atoms with E-state index >= 15 is 0 Å². The van der Waals surface area contributed by atoms with Crippen molar-refractivity contribution >= 4 is 22.4 Å². The third-order valence-electron chi connectivity index (χ3n) is 5.79. The van der Waals surface area contributed by atoms with Gasteiger partial charge in [-0.1, -0.05) is 0 Å². The molecule has 2 fully saturated rings. The van der Waals surface area contributed by atoms with E-state index in [0.29, 0.717) is 18.7 Å². The molecular weight excluding hydrogens is 382 g/mol. The van der Waals surface area contributed by atoms with Crippen LogP contribution < -0.4 is 15.0 Å². The highest BCUT2D eigenvalue weighted by atomic mass is 16.5. The number of morpholine rings is 1. The number of fused-ring (bicyclic) bond motifs is 5. The number of piperazine rings is 1. The average Bonchev–Trinajstić information content (AvgIpc) is 3.34. The Kier molecular flexibility index (Phi) is 4.10. The molecule has 30 heavy (non-hydrogen) atoms. The van der Waals surface area contributed by atoms with E-state index < -0.39 is 0 Å². The average molecular weight is 405 g/mol. The number of ether oxygens (including phenoxy) is 2. The van der Waals surface area contributed by atoms with Gasteiger partial charge in [0, 0.05) is 42.5 Å². The largest absolute Gasteiger partial charge is 0.492 e. The maximum atomic E-state index is 5.78. The van der Waals surface area contributed by atoms with E-state index in [2.05, 4.69) is 43.7 Å². The van der Waals surface area contributed by atoms with Crippen molar-refractivity contribution in [1.29, 1.82) is 0 Å².